The van der Waals surface area contributed by atoms with Gasteiger partial charge >= 0.3 is 0 Å². The average Bonchev–Trinajstić information content (AvgIpc) is 3.18. The summed E-state index contributed by atoms with van der Waals surface area (Å²) in [6.07, 6.45) is 5.19. The first-order valence-corrected chi connectivity index (χ1v) is 8.66. The van der Waals surface area contributed by atoms with Gasteiger partial charge in [0.25, 0.3) is 0 Å². The van der Waals surface area contributed by atoms with E-state index in [9.17, 15) is 0 Å². The van der Waals surface area contributed by atoms with E-state index in [0.717, 1.165) is 49.5 Å². The molecule has 0 spiro atoms. The van der Waals surface area contributed by atoms with Crippen LogP contribution in [0, 0.1) is 6.92 Å². The highest BCUT2D eigenvalue weighted by molar-refractivity contribution is 7.15. The van der Waals surface area contributed by atoms with Crippen molar-refractivity contribution in [1.82, 2.24) is 19.6 Å². The smallest absolute Gasteiger partial charge is 0.194 e. The average molecular weight is 306 g/mol. The molecule has 1 saturated carbocycles. The lowest BCUT2D eigenvalue weighted by Gasteiger charge is -2.33. The van der Waals surface area contributed by atoms with Crippen LogP contribution in [0.1, 0.15) is 24.2 Å². The summed E-state index contributed by atoms with van der Waals surface area (Å²) >= 11 is 1.69. The summed E-state index contributed by atoms with van der Waals surface area (Å²) < 4.78 is 8.07. The van der Waals surface area contributed by atoms with Crippen LogP contribution >= 0.6 is 11.3 Å². The summed E-state index contributed by atoms with van der Waals surface area (Å²) in [5.41, 5.74) is 2.39. The van der Waals surface area contributed by atoms with Crippen LogP contribution in [-0.4, -0.2) is 52.7 Å². The van der Waals surface area contributed by atoms with Crippen LogP contribution in [0.4, 0.5) is 0 Å². The Morgan fingerprint density at radius 3 is 3.24 bits per heavy atom. The van der Waals surface area contributed by atoms with Crippen LogP contribution in [-0.2, 0) is 11.3 Å². The highest BCUT2D eigenvalue weighted by Crippen LogP contribution is 2.28. The van der Waals surface area contributed by atoms with Gasteiger partial charge in [-0.3, -0.25) is 9.30 Å². The lowest BCUT2D eigenvalue weighted by Crippen LogP contribution is -2.47. The topological polar surface area (TPSA) is 41.8 Å². The van der Waals surface area contributed by atoms with Crippen LogP contribution < -0.4 is 5.32 Å². The molecule has 2 aromatic heterocycles. The van der Waals surface area contributed by atoms with Gasteiger partial charge in [0.1, 0.15) is 0 Å². The molecular weight excluding hydrogens is 284 g/mol. The SMILES string of the molecule is Cc1nc2sccn2c1CNCC1CN(C2CC2)CCO1. The van der Waals surface area contributed by atoms with Crippen LogP contribution in [0.5, 0.6) is 0 Å². The van der Waals surface area contributed by atoms with Crippen molar-refractivity contribution in [2.45, 2.75) is 38.5 Å². The number of morpholine rings is 1. The van der Waals surface area contributed by atoms with Gasteiger partial charge in [0.15, 0.2) is 4.96 Å². The van der Waals surface area contributed by atoms with E-state index in [1.807, 2.05) is 0 Å². The number of thiazole rings is 1. The normalized spacial score (nSPS) is 24.0. The van der Waals surface area contributed by atoms with E-state index in [1.165, 1.54) is 18.5 Å². The van der Waals surface area contributed by atoms with Gasteiger partial charge in [-0.05, 0) is 19.8 Å². The molecular formula is C15H22N4OS. The predicted molar refractivity (Wildman–Crippen MR) is 83.8 cm³/mol. The molecule has 0 radical (unpaired) electrons. The molecule has 114 valence electrons. The maximum atomic E-state index is 5.88. The van der Waals surface area contributed by atoms with Gasteiger partial charge in [-0.1, -0.05) is 0 Å². The first-order valence-electron chi connectivity index (χ1n) is 7.78. The van der Waals surface area contributed by atoms with Crippen molar-refractivity contribution >= 4 is 16.3 Å². The number of fused-ring (bicyclic) bond motifs is 1. The quantitative estimate of drug-likeness (QED) is 0.912. The zero-order valence-corrected chi connectivity index (χ0v) is 13.2. The Hall–Kier alpha value is -0.950. The molecule has 0 amide bonds. The molecule has 1 aliphatic carbocycles. The number of aromatic nitrogens is 2. The first-order chi connectivity index (χ1) is 10.3. The molecule has 1 N–H and O–H groups in total. The second-order valence-electron chi connectivity index (χ2n) is 6.05. The fourth-order valence-corrected chi connectivity index (χ4v) is 3.92. The van der Waals surface area contributed by atoms with Crippen molar-refractivity contribution in [2.75, 3.05) is 26.2 Å². The lowest BCUT2D eigenvalue weighted by molar-refractivity contribution is -0.0301. The number of rotatable bonds is 5. The number of ether oxygens (including phenoxy) is 1. The van der Waals surface area contributed by atoms with Gasteiger partial charge in [-0.2, -0.15) is 0 Å². The maximum Gasteiger partial charge on any atom is 0.194 e. The first kappa shape index (κ1) is 13.7. The number of nitrogens with one attached hydrogen (secondary N) is 1. The van der Waals surface area contributed by atoms with E-state index < -0.39 is 0 Å². The van der Waals surface area contributed by atoms with Gasteiger partial charge in [-0.15, -0.1) is 11.3 Å². The Morgan fingerprint density at radius 1 is 1.48 bits per heavy atom. The van der Waals surface area contributed by atoms with Crippen molar-refractivity contribution in [3.63, 3.8) is 0 Å². The minimum atomic E-state index is 0.325. The zero-order valence-electron chi connectivity index (χ0n) is 12.4. The second-order valence-corrected chi connectivity index (χ2v) is 6.92. The van der Waals surface area contributed by atoms with Gasteiger partial charge < -0.3 is 10.1 Å². The van der Waals surface area contributed by atoms with Gasteiger partial charge in [0, 0.05) is 43.8 Å². The molecule has 3 heterocycles. The third kappa shape index (κ3) is 2.85. The monoisotopic (exact) mass is 306 g/mol. The van der Waals surface area contributed by atoms with Crippen molar-refractivity contribution < 1.29 is 4.74 Å². The largest absolute Gasteiger partial charge is 0.374 e. The van der Waals surface area contributed by atoms with E-state index in [1.54, 1.807) is 11.3 Å². The number of imidazole rings is 1. The summed E-state index contributed by atoms with van der Waals surface area (Å²) in [4.78, 5) is 8.26. The lowest BCUT2D eigenvalue weighted by atomic mass is 10.2. The Bertz CT molecular complexity index is 618. The maximum absolute atomic E-state index is 5.88. The summed E-state index contributed by atoms with van der Waals surface area (Å²) in [5.74, 6) is 0. The van der Waals surface area contributed by atoms with Crippen LogP contribution in [0.3, 0.4) is 0 Å². The van der Waals surface area contributed by atoms with Crippen molar-refractivity contribution in [3.05, 3.63) is 23.0 Å². The van der Waals surface area contributed by atoms with Crippen molar-refractivity contribution in [1.29, 1.82) is 0 Å². The van der Waals surface area contributed by atoms with Gasteiger partial charge in [-0.25, -0.2) is 4.98 Å². The van der Waals surface area contributed by atoms with Crippen LogP contribution in [0.25, 0.3) is 4.96 Å². The number of nitrogens with zero attached hydrogens (tertiary/aromatic N) is 3. The highest BCUT2D eigenvalue weighted by atomic mass is 32.1. The highest BCUT2D eigenvalue weighted by Gasteiger charge is 2.32. The van der Waals surface area contributed by atoms with Crippen LogP contribution in [0.2, 0.25) is 0 Å². The van der Waals surface area contributed by atoms with Gasteiger partial charge in [0.05, 0.1) is 24.1 Å². The third-order valence-electron chi connectivity index (χ3n) is 4.46. The molecule has 2 fully saturated rings. The summed E-state index contributed by atoms with van der Waals surface area (Å²) in [6, 6.07) is 0.846. The minimum absolute atomic E-state index is 0.325. The fourth-order valence-electron chi connectivity index (χ4n) is 3.14. The van der Waals surface area contributed by atoms with E-state index in [4.69, 9.17) is 4.74 Å². The molecule has 2 aromatic rings. The summed E-state index contributed by atoms with van der Waals surface area (Å²) in [6.45, 7) is 6.92. The van der Waals surface area contributed by atoms with Crippen LogP contribution in [0.15, 0.2) is 11.6 Å². The van der Waals surface area contributed by atoms with Crippen molar-refractivity contribution in [2.24, 2.45) is 0 Å². The Balaban J connectivity index is 1.32. The third-order valence-corrected chi connectivity index (χ3v) is 5.22. The molecule has 2 aliphatic rings. The molecule has 1 atom stereocenters. The second kappa shape index (κ2) is 5.68. The zero-order chi connectivity index (χ0) is 14.2. The van der Waals surface area contributed by atoms with E-state index in [2.05, 4.69) is 38.1 Å². The molecule has 4 rings (SSSR count). The molecule has 0 aromatic carbocycles. The molecule has 1 saturated heterocycles. The molecule has 0 bridgehead atoms. The number of hydrogen-bond donors (Lipinski definition) is 1. The van der Waals surface area contributed by atoms with E-state index in [0.29, 0.717) is 6.10 Å². The van der Waals surface area contributed by atoms with Gasteiger partial charge in [0.2, 0.25) is 0 Å². The number of hydrogen-bond acceptors (Lipinski definition) is 5. The molecule has 6 heteroatoms. The molecule has 1 aliphatic heterocycles. The molecule has 21 heavy (non-hydrogen) atoms. The molecule has 5 nitrogen and oxygen atoms in total. The Kier molecular flexibility index (Phi) is 3.71. The standard InChI is InChI=1S/C15H22N4OS/c1-11-14(19-5-7-21-15(19)17-11)9-16-8-13-10-18(4-6-20-13)12-2-3-12/h5,7,12-13,16H,2-4,6,8-10H2,1H3. The fraction of sp³-hybridized carbons (Fsp3) is 0.667. The predicted octanol–water partition coefficient (Wildman–Crippen LogP) is 1.66. The van der Waals surface area contributed by atoms with E-state index in [-0.39, 0.29) is 0 Å². The van der Waals surface area contributed by atoms with E-state index >= 15 is 0 Å². The number of aryl methyl sites for hydroxylation is 1. The van der Waals surface area contributed by atoms with Crippen molar-refractivity contribution in [3.8, 4) is 0 Å². The minimum Gasteiger partial charge on any atom is -0.374 e. The Labute approximate surface area is 128 Å². The summed E-state index contributed by atoms with van der Waals surface area (Å²) in [7, 11) is 0. The summed E-state index contributed by atoms with van der Waals surface area (Å²) in [5, 5.41) is 5.64. The Morgan fingerprint density at radius 2 is 2.38 bits per heavy atom. The molecule has 1 unspecified atom stereocenters.